The fourth-order valence-electron chi connectivity index (χ4n) is 2.64. The molecule has 2 aromatic carbocycles. The van der Waals surface area contributed by atoms with Gasteiger partial charge in [-0.25, -0.2) is 8.42 Å². The summed E-state index contributed by atoms with van der Waals surface area (Å²) in [6, 6.07) is 11.7. The lowest BCUT2D eigenvalue weighted by atomic mass is 10.2. The summed E-state index contributed by atoms with van der Waals surface area (Å²) in [5.41, 5.74) is 0.972. The van der Waals surface area contributed by atoms with E-state index in [1.54, 1.807) is 36.4 Å². The van der Waals surface area contributed by atoms with E-state index in [2.05, 4.69) is 15.5 Å². The number of ether oxygens (including phenoxy) is 2. The van der Waals surface area contributed by atoms with Crippen molar-refractivity contribution in [3.63, 3.8) is 0 Å². The maximum Gasteiger partial charge on any atom is 0.246 e. The van der Waals surface area contributed by atoms with Gasteiger partial charge in [-0.3, -0.25) is 14.4 Å². The van der Waals surface area contributed by atoms with Gasteiger partial charge in [0.25, 0.3) is 0 Å². The number of nitrogens with one attached hydrogen (secondary N) is 1. The molecule has 9 nitrogen and oxygen atoms in total. The van der Waals surface area contributed by atoms with Gasteiger partial charge in [-0.1, -0.05) is 35.1 Å². The molecule has 0 saturated heterocycles. The molecule has 0 saturated carbocycles. The quantitative estimate of drug-likeness (QED) is 0.524. The largest absolute Gasteiger partial charge is 0.497 e. The van der Waals surface area contributed by atoms with E-state index in [9.17, 15) is 13.2 Å². The summed E-state index contributed by atoms with van der Waals surface area (Å²) in [5.74, 6) is 0.107. The lowest BCUT2D eigenvalue weighted by Crippen LogP contribution is -2.37. The number of halogens is 1. The second kappa shape index (κ2) is 9.50. The average molecular weight is 483 g/mol. The van der Waals surface area contributed by atoms with Gasteiger partial charge < -0.3 is 9.47 Å². The molecule has 0 fully saturated rings. The van der Waals surface area contributed by atoms with Crippen LogP contribution in [0.4, 0.5) is 10.8 Å². The van der Waals surface area contributed by atoms with E-state index in [0.717, 1.165) is 27.5 Å². The smallest absolute Gasteiger partial charge is 0.246 e. The third kappa shape index (κ3) is 5.63. The number of nitrogens with zero attached hydrogens (tertiary/aromatic N) is 3. The minimum Gasteiger partial charge on any atom is -0.497 e. The molecular weight excluding hydrogens is 464 g/mol. The fourth-order valence-corrected chi connectivity index (χ4v) is 4.39. The van der Waals surface area contributed by atoms with Gasteiger partial charge >= 0.3 is 0 Å². The van der Waals surface area contributed by atoms with E-state index in [-0.39, 0.29) is 16.6 Å². The van der Waals surface area contributed by atoms with Crippen LogP contribution in [0.5, 0.6) is 11.5 Å². The highest BCUT2D eigenvalue weighted by Gasteiger charge is 2.25. The van der Waals surface area contributed by atoms with E-state index >= 15 is 0 Å². The van der Waals surface area contributed by atoms with Gasteiger partial charge in [0.15, 0.2) is 0 Å². The van der Waals surface area contributed by atoms with Crippen molar-refractivity contribution in [1.29, 1.82) is 0 Å². The first kappa shape index (κ1) is 22.8. The Bertz CT molecular complexity index is 1180. The predicted octanol–water partition coefficient (Wildman–Crippen LogP) is 3.28. The molecule has 0 aliphatic heterocycles. The van der Waals surface area contributed by atoms with Gasteiger partial charge in [0.2, 0.25) is 21.1 Å². The van der Waals surface area contributed by atoms with Crippen molar-refractivity contribution in [2.24, 2.45) is 0 Å². The molecule has 164 valence electrons. The van der Waals surface area contributed by atoms with Crippen LogP contribution in [0.2, 0.25) is 5.02 Å². The third-order valence-corrected chi connectivity index (χ3v) is 6.37. The fraction of sp³-hybridized carbons (Fsp3) is 0.211. The molecule has 31 heavy (non-hydrogen) atoms. The Morgan fingerprint density at radius 3 is 2.45 bits per heavy atom. The molecule has 0 spiro atoms. The molecule has 0 aliphatic rings. The molecular formula is C19H19ClN4O5S2. The van der Waals surface area contributed by atoms with E-state index in [4.69, 9.17) is 21.1 Å². The monoisotopic (exact) mass is 482 g/mol. The highest BCUT2D eigenvalue weighted by Crippen LogP contribution is 2.34. The first-order chi connectivity index (χ1) is 14.7. The van der Waals surface area contributed by atoms with Crippen LogP contribution >= 0.6 is 22.9 Å². The Labute approximate surface area is 188 Å². The first-order valence-electron chi connectivity index (χ1n) is 8.80. The topological polar surface area (TPSA) is 111 Å². The number of anilines is 2. The summed E-state index contributed by atoms with van der Waals surface area (Å²) < 4.78 is 36.2. The van der Waals surface area contributed by atoms with Crippen molar-refractivity contribution in [2.45, 2.75) is 0 Å². The van der Waals surface area contributed by atoms with Crippen LogP contribution in [-0.4, -0.2) is 51.5 Å². The number of carbonyl (C=O) groups is 1. The standard InChI is InChI=1S/C19H19ClN4O5S2/c1-28-14-8-9-16(29-2)15(10-14)24(31(3,26)27)11-17(25)21-19-23-22-18(30-19)12-4-6-13(20)7-5-12/h4-10H,11H2,1-3H3,(H,21,23,25). The van der Waals surface area contributed by atoms with Crippen molar-refractivity contribution in [3.05, 3.63) is 47.5 Å². The zero-order chi connectivity index (χ0) is 22.6. The summed E-state index contributed by atoms with van der Waals surface area (Å²) in [7, 11) is -0.950. The Morgan fingerprint density at radius 1 is 1.13 bits per heavy atom. The molecule has 1 amide bonds. The number of sulfonamides is 1. The summed E-state index contributed by atoms with van der Waals surface area (Å²) in [6.45, 7) is -0.488. The number of hydrogen-bond donors (Lipinski definition) is 1. The van der Waals surface area contributed by atoms with Crippen molar-refractivity contribution in [2.75, 3.05) is 36.6 Å². The minimum atomic E-state index is -3.81. The van der Waals surface area contributed by atoms with Crippen LogP contribution in [0.1, 0.15) is 0 Å². The number of hydrogen-bond acceptors (Lipinski definition) is 8. The van der Waals surface area contributed by atoms with Crippen molar-refractivity contribution in [1.82, 2.24) is 10.2 Å². The molecule has 3 aromatic rings. The number of amides is 1. The zero-order valence-electron chi connectivity index (χ0n) is 16.8. The lowest BCUT2D eigenvalue weighted by molar-refractivity contribution is -0.114. The Kier molecular flexibility index (Phi) is 6.98. The molecule has 0 radical (unpaired) electrons. The summed E-state index contributed by atoms with van der Waals surface area (Å²) in [4.78, 5) is 12.6. The maximum atomic E-state index is 12.6. The molecule has 0 aliphatic carbocycles. The summed E-state index contributed by atoms with van der Waals surface area (Å²) in [5, 5.41) is 12.0. The van der Waals surface area contributed by atoms with E-state index in [1.165, 1.54) is 20.3 Å². The molecule has 1 aromatic heterocycles. The summed E-state index contributed by atoms with van der Waals surface area (Å²) in [6.07, 6.45) is 1.00. The molecule has 1 heterocycles. The number of rotatable bonds is 8. The van der Waals surface area contributed by atoms with Gasteiger partial charge in [0.1, 0.15) is 23.1 Å². The number of carbonyl (C=O) groups excluding carboxylic acids is 1. The van der Waals surface area contributed by atoms with Crippen LogP contribution in [0.3, 0.4) is 0 Å². The highest BCUT2D eigenvalue weighted by molar-refractivity contribution is 7.92. The van der Waals surface area contributed by atoms with Crippen LogP contribution in [0.15, 0.2) is 42.5 Å². The number of benzene rings is 2. The van der Waals surface area contributed by atoms with Crippen molar-refractivity contribution >= 4 is 49.7 Å². The second-order valence-corrected chi connectivity index (χ2v) is 9.60. The molecule has 12 heteroatoms. The zero-order valence-corrected chi connectivity index (χ0v) is 19.2. The van der Waals surface area contributed by atoms with Crippen LogP contribution < -0.4 is 19.1 Å². The molecule has 0 bridgehead atoms. The SMILES string of the molecule is COc1ccc(OC)c(N(CC(=O)Nc2nnc(-c3ccc(Cl)cc3)s2)S(C)(=O)=O)c1. The van der Waals surface area contributed by atoms with E-state index in [0.29, 0.717) is 15.8 Å². The molecule has 0 atom stereocenters. The van der Waals surface area contributed by atoms with Crippen LogP contribution in [-0.2, 0) is 14.8 Å². The normalized spacial score (nSPS) is 11.1. The predicted molar refractivity (Wildman–Crippen MR) is 121 cm³/mol. The van der Waals surface area contributed by atoms with Crippen LogP contribution in [0, 0.1) is 0 Å². The average Bonchev–Trinajstić information content (AvgIpc) is 3.19. The van der Waals surface area contributed by atoms with Gasteiger partial charge in [0, 0.05) is 16.7 Å². The minimum absolute atomic E-state index is 0.179. The van der Waals surface area contributed by atoms with Gasteiger partial charge in [-0.15, -0.1) is 10.2 Å². The first-order valence-corrected chi connectivity index (χ1v) is 11.8. The Balaban J connectivity index is 1.81. The third-order valence-electron chi connectivity index (χ3n) is 4.10. The highest BCUT2D eigenvalue weighted by atomic mass is 35.5. The van der Waals surface area contributed by atoms with Crippen molar-refractivity contribution < 1.29 is 22.7 Å². The molecule has 3 rings (SSSR count). The maximum absolute atomic E-state index is 12.6. The van der Waals surface area contributed by atoms with E-state index < -0.39 is 22.5 Å². The van der Waals surface area contributed by atoms with Crippen LogP contribution in [0.25, 0.3) is 10.6 Å². The number of methoxy groups -OCH3 is 2. The van der Waals surface area contributed by atoms with Gasteiger partial charge in [-0.05, 0) is 24.3 Å². The molecule has 0 unspecified atom stereocenters. The van der Waals surface area contributed by atoms with E-state index in [1.807, 2.05) is 0 Å². The van der Waals surface area contributed by atoms with Gasteiger partial charge in [-0.2, -0.15) is 0 Å². The molecule has 1 N–H and O–H groups in total. The Morgan fingerprint density at radius 2 is 1.84 bits per heavy atom. The second-order valence-electron chi connectivity index (χ2n) is 6.27. The number of aromatic nitrogens is 2. The van der Waals surface area contributed by atoms with Crippen molar-refractivity contribution in [3.8, 4) is 22.1 Å². The van der Waals surface area contributed by atoms with Gasteiger partial charge in [0.05, 0.1) is 26.2 Å². The Hall–Kier alpha value is -2.89. The summed E-state index contributed by atoms with van der Waals surface area (Å²) >= 11 is 7.04. The lowest BCUT2D eigenvalue weighted by Gasteiger charge is -2.24.